The van der Waals surface area contributed by atoms with Gasteiger partial charge in [-0.05, 0) is 36.3 Å². The Balaban J connectivity index is 1.58. The molecule has 1 aliphatic carbocycles. The van der Waals surface area contributed by atoms with E-state index in [1.807, 2.05) is 13.0 Å². The largest absolute Gasteiger partial charge is 0.508 e. The maximum Gasteiger partial charge on any atom is 0.319 e. The van der Waals surface area contributed by atoms with Crippen LogP contribution in [0.5, 0.6) is 28.7 Å². The van der Waals surface area contributed by atoms with Crippen molar-refractivity contribution in [3.8, 4) is 40.1 Å². The average Bonchev–Trinajstić information content (AvgIpc) is 3.37. The number of fused-ring (bicyclic) bond motifs is 1. The topological polar surface area (TPSA) is 155 Å². The van der Waals surface area contributed by atoms with Crippen LogP contribution in [-0.4, -0.2) is 36.2 Å². The van der Waals surface area contributed by atoms with Crippen molar-refractivity contribution in [2.75, 3.05) is 0 Å². The van der Waals surface area contributed by atoms with Crippen molar-refractivity contribution in [1.82, 2.24) is 9.78 Å². The summed E-state index contributed by atoms with van der Waals surface area (Å²) in [6.07, 6.45) is 8.61. The van der Waals surface area contributed by atoms with Crippen molar-refractivity contribution in [1.29, 1.82) is 0 Å². The number of aromatic hydroxyl groups is 4. The molecule has 0 bridgehead atoms. The molecule has 10 nitrogen and oxygen atoms in total. The number of carbonyl (C=O) groups excluding carboxylic acids is 1. The molecule has 2 aromatic heterocycles. The van der Waals surface area contributed by atoms with Crippen molar-refractivity contribution in [2.45, 2.75) is 6.92 Å². The van der Waals surface area contributed by atoms with E-state index in [4.69, 9.17) is 9.15 Å². The highest BCUT2D eigenvalue weighted by Gasteiger charge is 2.30. The summed E-state index contributed by atoms with van der Waals surface area (Å²) in [5.41, 5.74) is -0.141. The number of carbonyl (C=O) groups is 1. The molecule has 10 heteroatoms. The van der Waals surface area contributed by atoms with Gasteiger partial charge in [-0.3, -0.25) is 9.59 Å². The Hall–Kier alpha value is -4.99. The van der Waals surface area contributed by atoms with Gasteiger partial charge in [0.05, 0.1) is 11.6 Å². The highest BCUT2D eigenvalue weighted by atomic mass is 16.5. The van der Waals surface area contributed by atoms with Crippen LogP contribution in [0.15, 0.2) is 76.2 Å². The molecule has 0 amide bonds. The molecule has 36 heavy (non-hydrogen) atoms. The van der Waals surface area contributed by atoms with Crippen LogP contribution in [0.25, 0.3) is 28.0 Å². The number of phenolic OH excluding ortho intramolecular Hbond substituents is 4. The van der Waals surface area contributed by atoms with Crippen LogP contribution in [0.1, 0.15) is 6.92 Å². The maximum atomic E-state index is 13.4. The summed E-state index contributed by atoms with van der Waals surface area (Å²) in [4.78, 5) is 26.6. The molecule has 182 valence electrons. The number of hydrogen-bond donors (Lipinski definition) is 4. The van der Waals surface area contributed by atoms with Crippen LogP contribution in [-0.2, 0) is 4.79 Å². The fourth-order valence-electron chi connectivity index (χ4n) is 4.06. The van der Waals surface area contributed by atoms with Gasteiger partial charge in [0.2, 0.25) is 11.2 Å². The first kappa shape index (κ1) is 22.8. The summed E-state index contributed by atoms with van der Waals surface area (Å²) in [5.74, 6) is -4.36. The van der Waals surface area contributed by atoms with Crippen LogP contribution in [0.4, 0.5) is 0 Å². The SMILES string of the molecule is CC1C=C(n2cccn2)C=CC1C(=O)Oc1c(-c2ccc(O)c(O)c2)oc2cc(O)cc(O)c2c1=O. The van der Waals surface area contributed by atoms with Crippen molar-refractivity contribution in [3.63, 3.8) is 0 Å². The van der Waals surface area contributed by atoms with E-state index in [2.05, 4.69) is 5.10 Å². The molecule has 0 radical (unpaired) electrons. The number of phenols is 4. The van der Waals surface area contributed by atoms with Crippen LogP contribution in [0.2, 0.25) is 0 Å². The van der Waals surface area contributed by atoms with Gasteiger partial charge in [0, 0.05) is 30.1 Å². The second-order valence-electron chi connectivity index (χ2n) is 8.34. The lowest BCUT2D eigenvalue weighted by Crippen LogP contribution is -2.28. The number of esters is 1. The first-order valence-corrected chi connectivity index (χ1v) is 10.9. The minimum Gasteiger partial charge on any atom is -0.508 e. The first-order valence-electron chi connectivity index (χ1n) is 10.9. The van der Waals surface area contributed by atoms with E-state index in [0.717, 1.165) is 23.9 Å². The Labute approximate surface area is 203 Å². The molecule has 2 aromatic carbocycles. The predicted molar refractivity (Wildman–Crippen MR) is 129 cm³/mol. The zero-order valence-corrected chi connectivity index (χ0v) is 18.8. The van der Waals surface area contributed by atoms with E-state index < -0.39 is 40.3 Å². The van der Waals surface area contributed by atoms with E-state index in [1.165, 1.54) is 12.1 Å². The third-order valence-corrected chi connectivity index (χ3v) is 5.87. The number of ether oxygens (including phenoxy) is 1. The molecule has 5 rings (SSSR count). The quantitative estimate of drug-likeness (QED) is 0.248. The highest BCUT2D eigenvalue weighted by molar-refractivity contribution is 5.90. The third kappa shape index (κ3) is 3.94. The lowest BCUT2D eigenvalue weighted by atomic mass is 9.89. The van der Waals surface area contributed by atoms with E-state index in [0.29, 0.717) is 0 Å². The Kier molecular flexibility index (Phi) is 5.48. The molecule has 1 aliphatic rings. The van der Waals surface area contributed by atoms with E-state index in [-0.39, 0.29) is 34.0 Å². The molecule has 0 saturated heterocycles. The van der Waals surface area contributed by atoms with Crippen molar-refractivity contribution in [3.05, 3.63) is 77.2 Å². The number of nitrogens with zero attached hydrogens (tertiary/aromatic N) is 2. The number of allylic oxidation sites excluding steroid dienone is 3. The fourth-order valence-corrected chi connectivity index (χ4v) is 4.06. The second-order valence-corrected chi connectivity index (χ2v) is 8.34. The minimum atomic E-state index is -0.857. The van der Waals surface area contributed by atoms with Gasteiger partial charge in [0.25, 0.3) is 0 Å². The first-order chi connectivity index (χ1) is 17.2. The second kappa shape index (κ2) is 8.66. The Morgan fingerprint density at radius 3 is 2.58 bits per heavy atom. The standard InChI is InChI=1S/C26H20N2O8/c1-13-9-15(28-8-2-7-27-28)4-5-17(13)26(34)36-25-23(33)22-20(32)11-16(29)12-21(22)35-24(25)14-3-6-18(30)19(31)10-14/h2-13,17,29-32H,1H3. The molecule has 0 spiro atoms. The summed E-state index contributed by atoms with van der Waals surface area (Å²) in [5, 5.41) is 43.7. The van der Waals surface area contributed by atoms with Gasteiger partial charge in [-0.25, -0.2) is 4.68 Å². The number of hydrogen-bond acceptors (Lipinski definition) is 9. The van der Waals surface area contributed by atoms with Crippen molar-refractivity contribution >= 4 is 22.6 Å². The molecule has 2 unspecified atom stereocenters. The Bertz CT molecular complexity index is 1620. The lowest BCUT2D eigenvalue weighted by molar-refractivity contribution is -0.138. The Morgan fingerprint density at radius 1 is 1.08 bits per heavy atom. The normalized spacial score (nSPS) is 17.2. The zero-order valence-electron chi connectivity index (χ0n) is 18.8. The molecule has 0 fully saturated rings. The van der Waals surface area contributed by atoms with Gasteiger partial charge < -0.3 is 29.6 Å². The summed E-state index contributed by atoms with van der Waals surface area (Å²) in [6, 6.07) is 7.51. The average molecular weight is 488 g/mol. The molecule has 0 aliphatic heterocycles. The summed E-state index contributed by atoms with van der Waals surface area (Å²) >= 11 is 0. The maximum absolute atomic E-state index is 13.4. The predicted octanol–water partition coefficient (Wildman–Crippen LogP) is 3.75. The van der Waals surface area contributed by atoms with Gasteiger partial charge in [-0.15, -0.1) is 0 Å². The van der Waals surface area contributed by atoms with Gasteiger partial charge in [0.15, 0.2) is 17.3 Å². The zero-order chi connectivity index (χ0) is 25.6. The van der Waals surface area contributed by atoms with Crippen LogP contribution < -0.4 is 10.2 Å². The van der Waals surface area contributed by atoms with Crippen LogP contribution in [0.3, 0.4) is 0 Å². The lowest BCUT2D eigenvalue weighted by Gasteiger charge is -2.22. The molecule has 2 heterocycles. The van der Waals surface area contributed by atoms with Crippen molar-refractivity contribution in [2.24, 2.45) is 11.8 Å². The van der Waals surface area contributed by atoms with Crippen molar-refractivity contribution < 1.29 is 34.4 Å². The van der Waals surface area contributed by atoms with Gasteiger partial charge in [-0.2, -0.15) is 5.10 Å². The van der Waals surface area contributed by atoms with Gasteiger partial charge in [-0.1, -0.05) is 19.1 Å². The number of aromatic nitrogens is 2. The summed E-state index contributed by atoms with van der Waals surface area (Å²) < 4.78 is 13.0. The smallest absolute Gasteiger partial charge is 0.319 e. The summed E-state index contributed by atoms with van der Waals surface area (Å²) in [7, 11) is 0. The van der Waals surface area contributed by atoms with E-state index in [9.17, 15) is 30.0 Å². The number of benzene rings is 2. The van der Waals surface area contributed by atoms with Gasteiger partial charge >= 0.3 is 5.97 Å². The van der Waals surface area contributed by atoms with Gasteiger partial charge in [0.1, 0.15) is 22.5 Å². The molecular weight excluding hydrogens is 468 g/mol. The van der Waals surface area contributed by atoms with Crippen LogP contribution >= 0.6 is 0 Å². The monoisotopic (exact) mass is 488 g/mol. The fraction of sp³-hybridized carbons (Fsp3) is 0.115. The van der Waals surface area contributed by atoms with E-state index in [1.54, 1.807) is 35.3 Å². The summed E-state index contributed by atoms with van der Waals surface area (Å²) in [6.45, 7) is 1.81. The molecule has 4 N–H and O–H groups in total. The minimum absolute atomic E-state index is 0.114. The Morgan fingerprint density at radius 2 is 1.89 bits per heavy atom. The third-order valence-electron chi connectivity index (χ3n) is 5.87. The molecule has 2 atom stereocenters. The molecule has 0 saturated carbocycles. The van der Waals surface area contributed by atoms with E-state index >= 15 is 0 Å². The van der Waals surface area contributed by atoms with Crippen LogP contribution in [0, 0.1) is 11.8 Å². The molecule has 4 aromatic rings. The highest BCUT2D eigenvalue weighted by Crippen LogP contribution is 2.39. The molecular formula is C26H20N2O8. The number of rotatable bonds is 4.